The number of rotatable bonds is 4. The van der Waals surface area contributed by atoms with Crippen molar-refractivity contribution in [2.45, 2.75) is 43.1 Å². The van der Waals surface area contributed by atoms with E-state index in [2.05, 4.69) is 54.4 Å². The minimum absolute atomic E-state index is 0.189. The monoisotopic (exact) mass is 441 g/mol. The molecule has 0 aromatic heterocycles. The molecule has 3 aromatic rings. The molecule has 1 fully saturated rings. The number of piperidine rings is 1. The fraction of sp³-hybridized carbons (Fsp3) is 0.357. The summed E-state index contributed by atoms with van der Waals surface area (Å²) < 4.78 is 6.49. The predicted molar refractivity (Wildman–Crippen MR) is 125 cm³/mol. The van der Waals surface area contributed by atoms with Gasteiger partial charge in [-0.3, -0.25) is 0 Å². The summed E-state index contributed by atoms with van der Waals surface area (Å²) in [6, 6.07) is 19.1. The number of aliphatic hydroxyl groups excluding tert-OH is 1. The Kier molecular flexibility index (Phi) is 4.20. The lowest BCUT2D eigenvalue weighted by Gasteiger charge is -2.56. The predicted octanol–water partition coefficient (Wildman–Crippen LogP) is 4.16. The highest BCUT2D eigenvalue weighted by molar-refractivity contribution is 5.82. The number of fused-ring (bicyclic) bond motifs is 1. The van der Waals surface area contributed by atoms with Gasteiger partial charge in [-0.1, -0.05) is 54.6 Å². The van der Waals surface area contributed by atoms with Crippen LogP contribution in [0.4, 0.5) is 0 Å². The Morgan fingerprint density at radius 1 is 1.09 bits per heavy atom. The summed E-state index contributed by atoms with van der Waals surface area (Å²) in [4.78, 5) is 14.0. The largest absolute Gasteiger partial charge is 0.482 e. The molecule has 5 atom stereocenters. The fourth-order valence-electron chi connectivity index (χ4n) is 6.78. The van der Waals surface area contributed by atoms with Crippen molar-refractivity contribution in [3.8, 4) is 11.5 Å². The van der Waals surface area contributed by atoms with Crippen molar-refractivity contribution in [3.63, 3.8) is 0 Å². The highest BCUT2D eigenvalue weighted by Crippen LogP contribution is 2.62. The molecule has 0 unspecified atom stereocenters. The minimum Gasteiger partial charge on any atom is -0.482 e. The van der Waals surface area contributed by atoms with Crippen molar-refractivity contribution in [2.24, 2.45) is 5.92 Å². The van der Waals surface area contributed by atoms with Gasteiger partial charge >= 0.3 is 0 Å². The van der Waals surface area contributed by atoms with Crippen molar-refractivity contribution in [3.05, 3.63) is 83.4 Å². The number of benzene rings is 3. The van der Waals surface area contributed by atoms with Gasteiger partial charge in [-0.05, 0) is 60.5 Å². The summed E-state index contributed by atoms with van der Waals surface area (Å²) in [7, 11) is 2.21. The van der Waals surface area contributed by atoms with Gasteiger partial charge in [0.1, 0.15) is 18.8 Å². The molecule has 0 radical (unpaired) electrons. The number of nitrogens with zero attached hydrogens (tertiary/aromatic N) is 1. The summed E-state index contributed by atoms with van der Waals surface area (Å²) in [5.41, 5.74) is 3.40. The van der Waals surface area contributed by atoms with Crippen molar-refractivity contribution >= 4 is 10.8 Å². The van der Waals surface area contributed by atoms with Crippen molar-refractivity contribution < 1.29 is 19.6 Å². The molecule has 0 saturated carbocycles. The molecule has 5 nitrogen and oxygen atoms in total. The van der Waals surface area contributed by atoms with Gasteiger partial charge in [0.2, 0.25) is 5.75 Å². The third-order valence-electron chi connectivity index (χ3n) is 8.32. The van der Waals surface area contributed by atoms with Crippen LogP contribution in [0.1, 0.15) is 23.1 Å². The molecule has 4 aliphatic rings. The first-order valence-electron chi connectivity index (χ1n) is 11.8. The Hall–Kier alpha value is -2.86. The second-order valence-corrected chi connectivity index (χ2v) is 9.94. The maximum Gasteiger partial charge on any atom is 0.207 e. The topological polar surface area (TPSA) is 51.2 Å². The molecule has 2 heterocycles. The van der Waals surface area contributed by atoms with E-state index in [0.717, 1.165) is 30.7 Å². The molecule has 1 N–H and O–H groups in total. The SMILES string of the molecule is CN1CC[C@]23c4c5ccc(OOCc6ccc7ccccc7c6)c4O[C@H]2[C@@H](O)C=C[C@H]3[C@H]1C5. The highest BCUT2D eigenvalue weighted by Gasteiger charge is 2.64. The summed E-state index contributed by atoms with van der Waals surface area (Å²) in [6.07, 6.45) is 5.22. The van der Waals surface area contributed by atoms with E-state index in [1.165, 1.54) is 21.9 Å². The fourth-order valence-corrected chi connectivity index (χ4v) is 6.78. The van der Waals surface area contributed by atoms with Gasteiger partial charge in [0.15, 0.2) is 5.75 Å². The van der Waals surface area contributed by atoms with Gasteiger partial charge in [-0.15, -0.1) is 0 Å². The van der Waals surface area contributed by atoms with Gasteiger partial charge < -0.3 is 19.6 Å². The molecule has 2 bridgehead atoms. The molecule has 1 spiro atoms. The van der Waals surface area contributed by atoms with Crippen LogP contribution in [0.15, 0.2) is 66.7 Å². The van der Waals surface area contributed by atoms with E-state index in [4.69, 9.17) is 14.5 Å². The lowest BCUT2D eigenvalue weighted by molar-refractivity contribution is -0.218. The average molecular weight is 442 g/mol. The summed E-state index contributed by atoms with van der Waals surface area (Å²) in [5, 5.41) is 13.3. The zero-order chi connectivity index (χ0) is 22.2. The van der Waals surface area contributed by atoms with Gasteiger partial charge in [-0.25, -0.2) is 0 Å². The molecule has 2 aliphatic carbocycles. The molecule has 168 valence electrons. The lowest BCUT2D eigenvalue weighted by Crippen LogP contribution is -2.64. The number of hydrogen-bond donors (Lipinski definition) is 1. The van der Waals surface area contributed by atoms with E-state index < -0.39 is 6.10 Å². The normalized spacial score (nSPS) is 31.3. The number of hydrogen-bond acceptors (Lipinski definition) is 5. The summed E-state index contributed by atoms with van der Waals surface area (Å²) in [5.74, 6) is 1.69. The van der Waals surface area contributed by atoms with Crippen LogP contribution in [0.25, 0.3) is 10.8 Å². The van der Waals surface area contributed by atoms with E-state index in [1.807, 2.05) is 24.3 Å². The number of ether oxygens (including phenoxy) is 1. The second kappa shape index (κ2) is 7.07. The third kappa shape index (κ3) is 2.70. The smallest absolute Gasteiger partial charge is 0.207 e. The zero-order valence-corrected chi connectivity index (χ0v) is 18.6. The van der Waals surface area contributed by atoms with Crippen LogP contribution in [0.2, 0.25) is 0 Å². The standard InChI is InChI=1S/C28H27NO4/c1-29-13-12-28-21-9-10-23(30)27(28)32-26-24(11-8-20(25(26)28)15-22(21)29)33-31-16-17-6-7-18-4-2-3-5-19(18)14-17/h2-11,14,21-23,27,30H,12-13,15-16H2,1H3/t21-,22+,23-,27-,28-/m0/s1. The van der Waals surface area contributed by atoms with Crippen LogP contribution < -0.4 is 9.62 Å². The van der Waals surface area contributed by atoms with E-state index >= 15 is 0 Å². The van der Waals surface area contributed by atoms with Crippen molar-refractivity contribution in [1.82, 2.24) is 4.90 Å². The minimum atomic E-state index is -0.616. The number of likely N-dealkylation sites (tertiary alicyclic amines) is 1. The highest BCUT2D eigenvalue weighted by atomic mass is 17.2. The Labute approximate surface area is 193 Å². The number of aliphatic hydroxyl groups is 1. The molecule has 7 rings (SSSR count). The zero-order valence-electron chi connectivity index (χ0n) is 18.6. The molecular weight excluding hydrogens is 414 g/mol. The molecule has 33 heavy (non-hydrogen) atoms. The number of likely N-dealkylation sites (N-methyl/N-ethyl adjacent to an activating group) is 1. The first-order chi connectivity index (χ1) is 16.1. The maximum atomic E-state index is 10.9. The third-order valence-corrected chi connectivity index (χ3v) is 8.32. The quantitative estimate of drug-likeness (QED) is 0.374. The van der Waals surface area contributed by atoms with Crippen LogP contribution in [0.5, 0.6) is 11.5 Å². The van der Waals surface area contributed by atoms with Crippen LogP contribution in [-0.2, 0) is 23.3 Å². The first kappa shape index (κ1) is 19.6. The van der Waals surface area contributed by atoms with Gasteiger partial charge in [0, 0.05) is 22.9 Å². The Balaban J connectivity index is 1.20. The molecular formula is C28H27NO4. The molecule has 5 heteroatoms. The Morgan fingerprint density at radius 3 is 2.88 bits per heavy atom. The van der Waals surface area contributed by atoms with Crippen LogP contribution in [0.3, 0.4) is 0 Å². The molecule has 3 aromatic carbocycles. The first-order valence-corrected chi connectivity index (χ1v) is 11.8. The molecule has 0 amide bonds. The summed E-state index contributed by atoms with van der Waals surface area (Å²) in [6.45, 7) is 1.35. The van der Waals surface area contributed by atoms with Crippen LogP contribution >= 0.6 is 0 Å². The average Bonchev–Trinajstić information content (AvgIpc) is 3.19. The Morgan fingerprint density at radius 2 is 1.97 bits per heavy atom. The van der Waals surface area contributed by atoms with Crippen molar-refractivity contribution in [1.29, 1.82) is 0 Å². The maximum absolute atomic E-state index is 10.9. The van der Waals surface area contributed by atoms with Gasteiger partial charge in [-0.2, -0.15) is 4.89 Å². The van der Waals surface area contributed by atoms with Gasteiger partial charge in [0.05, 0.1) is 0 Å². The lowest BCUT2D eigenvalue weighted by atomic mass is 9.53. The Bertz CT molecular complexity index is 1290. The van der Waals surface area contributed by atoms with E-state index in [0.29, 0.717) is 24.3 Å². The van der Waals surface area contributed by atoms with E-state index in [-0.39, 0.29) is 11.5 Å². The van der Waals surface area contributed by atoms with Crippen LogP contribution in [0, 0.1) is 5.92 Å². The molecule has 2 aliphatic heterocycles. The van der Waals surface area contributed by atoms with E-state index in [1.54, 1.807) is 0 Å². The summed E-state index contributed by atoms with van der Waals surface area (Å²) >= 11 is 0. The van der Waals surface area contributed by atoms with Crippen molar-refractivity contribution in [2.75, 3.05) is 13.6 Å². The second-order valence-electron chi connectivity index (χ2n) is 9.94. The van der Waals surface area contributed by atoms with Crippen LogP contribution in [-0.4, -0.2) is 41.8 Å². The van der Waals surface area contributed by atoms with Gasteiger partial charge in [0.25, 0.3) is 0 Å². The van der Waals surface area contributed by atoms with E-state index in [9.17, 15) is 5.11 Å². The molecule has 1 saturated heterocycles.